The molecule has 1 unspecified atom stereocenters. The molecule has 0 saturated carbocycles. The van der Waals surface area contributed by atoms with Crippen LogP contribution in [-0.2, 0) is 6.61 Å². The van der Waals surface area contributed by atoms with Gasteiger partial charge in [-0.05, 0) is 18.9 Å². The molecule has 5 heteroatoms. The number of aryl methyl sites for hydroxylation is 1. The van der Waals surface area contributed by atoms with Crippen LogP contribution in [0.25, 0.3) is 0 Å². The Kier molecular flexibility index (Phi) is 2.76. The van der Waals surface area contributed by atoms with Gasteiger partial charge in [0.15, 0.2) is 5.82 Å². The lowest BCUT2D eigenvalue weighted by Gasteiger charge is -2.24. The lowest BCUT2D eigenvalue weighted by atomic mass is 10.0. The van der Waals surface area contributed by atoms with Gasteiger partial charge in [0.05, 0.1) is 6.04 Å². The van der Waals surface area contributed by atoms with Crippen molar-refractivity contribution in [2.24, 2.45) is 0 Å². The molecule has 0 saturated heterocycles. The van der Waals surface area contributed by atoms with Crippen LogP contribution in [0.4, 0.5) is 5.95 Å². The Balaban J connectivity index is 2.02. The highest BCUT2D eigenvalue weighted by atomic mass is 16.3. The molecule has 1 atom stereocenters. The number of aliphatic hydroxyl groups excluding tert-OH is 1. The summed E-state index contributed by atoms with van der Waals surface area (Å²) in [5, 5.41) is 16.7. The predicted molar refractivity (Wildman–Crippen MR) is 68.4 cm³/mol. The second-order valence-corrected chi connectivity index (χ2v) is 4.60. The summed E-state index contributed by atoms with van der Waals surface area (Å²) in [4.78, 5) is 4.26. The van der Waals surface area contributed by atoms with E-state index in [-0.39, 0.29) is 12.6 Å². The van der Waals surface area contributed by atoms with Crippen molar-refractivity contribution in [1.82, 2.24) is 14.8 Å². The van der Waals surface area contributed by atoms with Crippen LogP contribution in [0.5, 0.6) is 0 Å². The largest absolute Gasteiger partial charge is 0.388 e. The Bertz CT molecular complexity index is 564. The monoisotopic (exact) mass is 244 g/mol. The van der Waals surface area contributed by atoms with Crippen LogP contribution < -0.4 is 5.32 Å². The van der Waals surface area contributed by atoms with Gasteiger partial charge in [-0.2, -0.15) is 10.1 Å². The molecular weight excluding hydrogens is 228 g/mol. The van der Waals surface area contributed by atoms with Gasteiger partial charge in [0.2, 0.25) is 5.95 Å². The van der Waals surface area contributed by atoms with E-state index in [9.17, 15) is 0 Å². The summed E-state index contributed by atoms with van der Waals surface area (Å²) in [5.41, 5.74) is 2.49. The van der Waals surface area contributed by atoms with Crippen LogP contribution in [0.2, 0.25) is 0 Å². The number of hydrogen-bond acceptors (Lipinski definition) is 4. The normalized spacial score (nSPS) is 18.2. The summed E-state index contributed by atoms with van der Waals surface area (Å²) in [6, 6.07) is 8.66. The summed E-state index contributed by atoms with van der Waals surface area (Å²) in [6.07, 6.45) is 0.977. The summed E-state index contributed by atoms with van der Waals surface area (Å²) in [7, 11) is 0. The van der Waals surface area contributed by atoms with Gasteiger partial charge in [-0.3, -0.25) is 0 Å². The topological polar surface area (TPSA) is 63.0 Å². The third-order valence-electron chi connectivity index (χ3n) is 3.24. The molecule has 2 aromatic rings. The molecule has 1 aromatic heterocycles. The number of aliphatic hydroxyl groups is 1. The molecule has 0 fully saturated rings. The fourth-order valence-corrected chi connectivity index (χ4v) is 2.40. The molecule has 0 aliphatic carbocycles. The molecule has 1 aliphatic heterocycles. The van der Waals surface area contributed by atoms with Gasteiger partial charge in [-0.25, -0.2) is 4.68 Å². The zero-order valence-corrected chi connectivity index (χ0v) is 10.3. The van der Waals surface area contributed by atoms with Crippen molar-refractivity contribution < 1.29 is 5.11 Å². The zero-order chi connectivity index (χ0) is 12.5. The van der Waals surface area contributed by atoms with E-state index < -0.39 is 0 Å². The Hall–Kier alpha value is -1.88. The van der Waals surface area contributed by atoms with Gasteiger partial charge in [0.1, 0.15) is 6.61 Å². The zero-order valence-electron chi connectivity index (χ0n) is 10.3. The van der Waals surface area contributed by atoms with Crippen LogP contribution in [0.1, 0.15) is 29.4 Å². The molecule has 94 valence electrons. The highest BCUT2D eigenvalue weighted by Crippen LogP contribution is 2.28. The minimum atomic E-state index is -0.123. The first-order valence-electron chi connectivity index (χ1n) is 6.14. The molecular formula is C13H16N4O. The average molecular weight is 244 g/mol. The highest BCUT2D eigenvalue weighted by Gasteiger charge is 2.24. The molecule has 2 heterocycles. The van der Waals surface area contributed by atoms with Crippen molar-refractivity contribution in [2.45, 2.75) is 26.0 Å². The van der Waals surface area contributed by atoms with Gasteiger partial charge in [-0.1, -0.05) is 29.8 Å². The molecule has 3 rings (SSSR count). The third kappa shape index (κ3) is 1.86. The number of nitrogens with zero attached hydrogens (tertiary/aromatic N) is 3. The maximum absolute atomic E-state index is 9.12. The van der Waals surface area contributed by atoms with Crippen molar-refractivity contribution in [1.29, 1.82) is 0 Å². The van der Waals surface area contributed by atoms with Crippen molar-refractivity contribution in [3.05, 3.63) is 41.2 Å². The molecule has 0 radical (unpaired) electrons. The Morgan fingerprint density at radius 2 is 2.39 bits per heavy atom. The number of benzene rings is 1. The Labute approximate surface area is 105 Å². The van der Waals surface area contributed by atoms with E-state index in [2.05, 4.69) is 46.6 Å². The number of nitrogens with one attached hydrogen (secondary N) is 1. The van der Waals surface area contributed by atoms with Gasteiger partial charge in [0.25, 0.3) is 0 Å². The standard InChI is InChI=1S/C13H16N4O/c1-9-3-2-4-10(7-9)11-5-6-14-13-15-12(8-18)16-17(11)13/h2-4,7,11,18H,5-6,8H2,1H3,(H,14,15,16). The summed E-state index contributed by atoms with van der Waals surface area (Å²) < 4.78 is 1.88. The van der Waals surface area contributed by atoms with Gasteiger partial charge < -0.3 is 10.4 Å². The first-order chi connectivity index (χ1) is 8.78. The summed E-state index contributed by atoms with van der Waals surface area (Å²) in [6.45, 7) is 2.84. The molecule has 1 aromatic carbocycles. The number of fused-ring (bicyclic) bond motifs is 1. The van der Waals surface area contributed by atoms with Gasteiger partial charge in [-0.15, -0.1) is 0 Å². The fourth-order valence-electron chi connectivity index (χ4n) is 2.40. The van der Waals surface area contributed by atoms with Crippen molar-refractivity contribution in [3.8, 4) is 0 Å². The SMILES string of the molecule is Cc1cccc(C2CCNc3nc(CO)nn32)c1. The van der Waals surface area contributed by atoms with E-state index in [1.807, 2.05) is 4.68 Å². The molecule has 18 heavy (non-hydrogen) atoms. The van der Waals surface area contributed by atoms with Gasteiger partial charge >= 0.3 is 0 Å². The molecule has 2 N–H and O–H groups in total. The maximum Gasteiger partial charge on any atom is 0.222 e. The van der Waals surface area contributed by atoms with Crippen LogP contribution in [-0.4, -0.2) is 26.4 Å². The van der Waals surface area contributed by atoms with Crippen molar-refractivity contribution >= 4 is 5.95 Å². The minimum Gasteiger partial charge on any atom is -0.388 e. The molecule has 0 spiro atoms. The minimum absolute atomic E-state index is 0.123. The lowest BCUT2D eigenvalue weighted by Crippen LogP contribution is -2.24. The van der Waals surface area contributed by atoms with E-state index in [0.717, 1.165) is 18.9 Å². The molecule has 5 nitrogen and oxygen atoms in total. The number of rotatable bonds is 2. The maximum atomic E-state index is 9.12. The summed E-state index contributed by atoms with van der Waals surface area (Å²) in [5.74, 6) is 1.22. The summed E-state index contributed by atoms with van der Waals surface area (Å²) >= 11 is 0. The lowest BCUT2D eigenvalue weighted by molar-refractivity contribution is 0.270. The van der Waals surface area contributed by atoms with Crippen LogP contribution in [0.3, 0.4) is 0 Å². The average Bonchev–Trinajstić information content (AvgIpc) is 2.81. The number of anilines is 1. The van der Waals surface area contributed by atoms with Crippen LogP contribution in [0, 0.1) is 6.92 Å². The third-order valence-corrected chi connectivity index (χ3v) is 3.24. The van der Waals surface area contributed by atoms with Crippen LogP contribution in [0.15, 0.2) is 24.3 Å². The first-order valence-corrected chi connectivity index (χ1v) is 6.14. The van der Waals surface area contributed by atoms with Crippen molar-refractivity contribution in [3.63, 3.8) is 0 Å². The van der Waals surface area contributed by atoms with Crippen molar-refractivity contribution in [2.75, 3.05) is 11.9 Å². The second-order valence-electron chi connectivity index (χ2n) is 4.60. The fraction of sp³-hybridized carbons (Fsp3) is 0.385. The predicted octanol–water partition coefficient (Wildman–Crippen LogP) is 1.48. The van der Waals surface area contributed by atoms with Crippen LogP contribution >= 0.6 is 0 Å². The molecule has 0 bridgehead atoms. The second kappa shape index (κ2) is 4.42. The molecule has 1 aliphatic rings. The number of hydrogen-bond donors (Lipinski definition) is 2. The number of aromatic nitrogens is 3. The quantitative estimate of drug-likeness (QED) is 0.840. The Morgan fingerprint density at radius 1 is 1.50 bits per heavy atom. The van der Waals surface area contributed by atoms with E-state index in [1.165, 1.54) is 11.1 Å². The van der Waals surface area contributed by atoms with Gasteiger partial charge in [0, 0.05) is 6.54 Å². The first kappa shape index (κ1) is 11.2. The highest BCUT2D eigenvalue weighted by molar-refractivity contribution is 5.34. The smallest absolute Gasteiger partial charge is 0.222 e. The van der Waals surface area contributed by atoms with E-state index in [1.54, 1.807) is 0 Å². The Morgan fingerprint density at radius 3 is 3.17 bits per heavy atom. The van der Waals surface area contributed by atoms with E-state index in [0.29, 0.717) is 5.82 Å². The van der Waals surface area contributed by atoms with E-state index in [4.69, 9.17) is 5.11 Å². The van der Waals surface area contributed by atoms with E-state index >= 15 is 0 Å². The molecule has 0 amide bonds.